The fraction of sp³-hybridized carbons (Fsp3) is 0.111. The van der Waals surface area contributed by atoms with E-state index in [2.05, 4.69) is 34.6 Å². The fourth-order valence-corrected chi connectivity index (χ4v) is 2.94. The van der Waals surface area contributed by atoms with Crippen LogP contribution in [0.3, 0.4) is 0 Å². The molecule has 0 bridgehead atoms. The molecule has 2 rings (SSSR count). The maximum atomic E-state index is 5.75. The van der Waals surface area contributed by atoms with Gasteiger partial charge in [-0.15, -0.1) is 24.0 Å². The second kappa shape index (κ2) is 3.52. The van der Waals surface area contributed by atoms with Crippen LogP contribution >= 0.6 is 39.9 Å². The topological polar surface area (TPSA) is 26.0 Å². The van der Waals surface area contributed by atoms with Gasteiger partial charge in [-0.3, -0.25) is 0 Å². The Morgan fingerprint density at radius 2 is 2.15 bits per heavy atom. The van der Waals surface area contributed by atoms with Gasteiger partial charge in [-0.05, 0) is 23.6 Å². The molecule has 1 aromatic carbocycles. The van der Waals surface area contributed by atoms with Gasteiger partial charge in [0.05, 0.1) is 0 Å². The van der Waals surface area contributed by atoms with E-state index in [1.165, 1.54) is 15.0 Å². The van der Waals surface area contributed by atoms with E-state index in [-0.39, 0.29) is 0 Å². The number of benzene rings is 1. The van der Waals surface area contributed by atoms with Crippen molar-refractivity contribution in [2.75, 3.05) is 5.73 Å². The Kier molecular flexibility index (Phi) is 2.53. The minimum atomic E-state index is 0.745. The van der Waals surface area contributed by atoms with Gasteiger partial charge < -0.3 is 5.73 Å². The van der Waals surface area contributed by atoms with Gasteiger partial charge in [0.2, 0.25) is 0 Å². The average Bonchev–Trinajstić information content (AvgIpc) is 2.48. The summed E-state index contributed by atoms with van der Waals surface area (Å²) in [5.41, 5.74) is 6.50. The first-order valence-electron chi connectivity index (χ1n) is 3.77. The molecule has 0 aliphatic heterocycles. The predicted molar refractivity (Wildman–Crippen MR) is 66.1 cm³/mol. The van der Waals surface area contributed by atoms with E-state index in [1.54, 1.807) is 11.3 Å². The van der Waals surface area contributed by atoms with Crippen molar-refractivity contribution in [1.82, 2.24) is 0 Å². The number of halogens is 1. The number of hydrogen-bond acceptors (Lipinski definition) is 3. The number of alkyl halides is 1. The molecule has 0 atom stereocenters. The van der Waals surface area contributed by atoms with Crippen LogP contribution in [0.4, 0.5) is 5.69 Å². The molecule has 68 valence electrons. The SMILES string of the molecule is Nc1cc2cc(CBr)sc2cc1S. The van der Waals surface area contributed by atoms with Crippen LogP contribution in [-0.4, -0.2) is 0 Å². The molecule has 0 aliphatic rings. The van der Waals surface area contributed by atoms with Crippen molar-refractivity contribution in [1.29, 1.82) is 0 Å². The normalized spacial score (nSPS) is 10.9. The third-order valence-corrected chi connectivity index (χ3v) is 4.31. The number of anilines is 1. The molecule has 0 aliphatic carbocycles. The third-order valence-electron chi connectivity index (χ3n) is 1.85. The van der Waals surface area contributed by atoms with Crippen LogP contribution < -0.4 is 5.73 Å². The van der Waals surface area contributed by atoms with Crippen LogP contribution in [0.1, 0.15) is 4.88 Å². The highest BCUT2D eigenvalue weighted by atomic mass is 79.9. The number of thiophene rings is 1. The molecule has 4 heteroatoms. The van der Waals surface area contributed by atoms with Crippen LogP contribution in [0.5, 0.6) is 0 Å². The van der Waals surface area contributed by atoms with Crippen molar-refractivity contribution in [3.8, 4) is 0 Å². The predicted octanol–water partition coefficient (Wildman–Crippen LogP) is 3.67. The molecule has 13 heavy (non-hydrogen) atoms. The molecule has 0 spiro atoms. The summed E-state index contributed by atoms with van der Waals surface area (Å²) in [7, 11) is 0. The lowest BCUT2D eigenvalue weighted by molar-refractivity contribution is 1.53. The van der Waals surface area contributed by atoms with Crippen molar-refractivity contribution in [3.63, 3.8) is 0 Å². The summed E-state index contributed by atoms with van der Waals surface area (Å²) in [6, 6.07) is 6.14. The van der Waals surface area contributed by atoms with Crippen LogP contribution in [0.2, 0.25) is 0 Å². The van der Waals surface area contributed by atoms with E-state index in [0.717, 1.165) is 15.9 Å². The van der Waals surface area contributed by atoms with Crippen molar-refractivity contribution in [3.05, 3.63) is 23.1 Å². The maximum Gasteiger partial charge on any atom is 0.0456 e. The zero-order valence-electron chi connectivity index (χ0n) is 6.75. The Balaban J connectivity index is 2.70. The first kappa shape index (κ1) is 9.37. The number of nitrogens with two attached hydrogens (primary N) is 1. The highest BCUT2D eigenvalue weighted by Crippen LogP contribution is 2.31. The molecule has 0 amide bonds. The van der Waals surface area contributed by atoms with Crippen LogP contribution in [0.15, 0.2) is 23.1 Å². The van der Waals surface area contributed by atoms with Crippen LogP contribution in [0, 0.1) is 0 Å². The summed E-state index contributed by atoms with van der Waals surface area (Å²) in [6.07, 6.45) is 0. The molecule has 0 unspecified atom stereocenters. The second-order valence-corrected chi connectivity index (χ2v) is 5.01. The zero-order valence-corrected chi connectivity index (χ0v) is 10.0. The number of thiol groups is 1. The molecule has 2 aromatic rings. The van der Waals surface area contributed by atoms with Gasteiger partial charge in [0.25, 0.3) is 0 Å². The number of hydrogen-bond donors (Lipinski definition) is 2. The van der Waals surface area contributed by atoms with Crippen LogP contribution in [0.25, 0.3) is 10.1 Å². The second-order valence-electron chi connectivity index (χ2n) is 2.80. The summed E-state index contributed by atoms with van der Waals surface area (Å²) in [5, 5.41) is 2.10. The smallest absolute Gasteiger partial charge is 0.0456 e. The lowest BCUT2D eigenvalue weighted by Gasteiger charge is -1.97. The van der Waals surface area contributed by atoms with Gasteiger partial charge in [0, 0.05) is 25.5 Å². The summed E-state index contributed by atoms with van der Waals surface area (Å²) in [5.74, 6) is 0. The Labute approximate surface area is 94.5 Å². The molecule has 2 N–H and O–H groups in total. The lowest BCUT2D eigenvalue weighted by atomic mass is 10.2. The quantitative estimate of drug-likeness (QED) is 0.463. The summed E-state index contributed by atoms with van der Waals surface area (Å²) >= 11 is 9.48. The number of rotatable bonds is 1. The molecular formula is C9H8BrNS2. The van der Waals surface area contributed by atoms with Crippen molar-refractivity contribution in [2.45, 2.75) is 10.2 Å². The standard InChI is InChI=1S/C9H8BrNS2/c10-4-6-1-5-2-7(11)8(12)3-9(5)13-6/h1-3,12H,4,11H2. The van der Waals surface area contributed by atoms with Gasteiger partial charge in [0.1, 0.15) is 0 Å². The first-order valence-corrected chi connectivity index (χ1v) is 6.16. The molecule has 1 heterocycles. The minimum absolute atomic E-state index is 0.745. The van der Waals surface area contributed by atoms with E-state index in [9.17, 15) is 0 Å². The van der Waals surface area contributed by atoms with E-state index < -0.39 is 0 Å². The summed E-state index contributed by atoms with van der Waals surface area (Å²) in [4.78, 5) is 2.17. The maximum absolute atomic E-state index is 5.75. The zero-order chi connectivity index (χ0) is 9.42. The first-order chi connectivity index (χ1) is 6.20. The summed E-state index contributed by atoms with van der Waals surface area (Å²) < 4.78 is 1.24. The Morgan fingerprint density at radius 3 is 2.85 bits per heavy atom. The van der Waals surface area contributed by atoms with E-state index in [1.807, 2.05) is 12.1 Å². The number of nitrogen functional groups attached to an aromatic ring is 1. The van der Waals surface area contributed by atoms with Gasteiger partial charge in [0.15, 0.2) is 0 Å². The van der Waals surface area contributed by atoms with Gasteiger partial charge >= 0.3 is 0 Å². The molecule has 1 aromatic heterocycles. The molecule has 0 saturated carbocycles. The van der Waals surface area contributed by atoms with Crippen molar-refractivity contribution in [2.24, 2.45) is 0 Å². The molecule has 0 radical (unpaired) electrons. The Bertz CT molecular complexity index is 411. The minimum Gasteiger partial charge on any atom is -0.398 e. The highest BCUT2D eigenvalue weighted by Gasteiger charge is 2.03. The average molecular weight is 274 g/mol. The van der Waals surface area contributed by atoms with E-state index in [0.29, 0.717) is 0 Å². The van der Waals surface area contributed by atoms with Crippen LogP contribution in [-0.2, 0) is 5.33 Å². The molecule has 0 fully saturated rings. The molecule has 1 nitrogen and oxygen atoms in total. The monoisotopic (exact) mass is 273 g/mol. The largest absolute Gasteiger partial charge is 0.398 e. The third kappa shape index (κ3) is 1.71. The highest BCUT2D eigenvalue weighted by molar-refractivity contribution is 9.08. The van der Waals surface area contributed by atoms with Gasteiger partial charge in [-0.2, -0.15) is 0 Å². The molecular weight excluding hydrogens is 266 g/mol. The van der Waals surface area contributed by atoms with Crippen molar-refractivity contribution >= 4 is 55.7 Å². The van der Waals surface area contributed by atoms with Gasteiger partial charge in [-0.25, -0.2) is 0 Å². The number of fused-ring (bicyclic) bond motifs is 1. The van der Waals surface area contributed by atoms with Gasteiger partial charge in [-0.1, -0.05) is 15.9 Å². The Morgan fingerprint density at radius 1 is 1.38 bits per heavy atom. The lowest BCUT2D eigenvalue weighted by Crippen LogP contribution is -1.84. The fourth-order valence-electron chi connectivity index (χ4n) is 1.21. The van der Waals surface area contributed by atoms with Crippen molar-refractivity contribution < 1.29 is 0 Å². The molecule has 0 saturated heterocycles. The van der Waals surface area contributed by atoms with E-state index >= 15 is 0 Å². The Hall–Kier alpha value is -0.190. The van der Waals surface area contributed by atoms with E-state index in [4.69, 9.17) is 5.73 Å². The summed E-state index contributed by atoms with van der Waals surface area (Å²) in [6.45, 7) is 0.